The smallest absolute Gasteiger partial charge is 0.129 e. The van der Waals surface area contributed by atoms with Crippen molar-refractivity contribution < 1.29 is 5.11 Å². The molecule has 0 aliphatic carbocycles. The molecule has 0 aromatic rings. The van der Waals surface area contributed by atoms with Gasteiger partial charge in [0.1, 0.15) is 5.82 Å². The van der Waals surface area contributed by atoms with Gasteiger partial charge in [-0.2, -0.15) is 0 Å². The summed E-state index contributed by atoms with van der Waals surface area (Å²) in [6.45, 7) is 0.130. The van der Waals surface area contributed by atoms with Crippen LogP contribution in [0.3, 0.4) is 0 Å². The zero-order chi connectivity index (χ0) is 8.27. The summed E-state index contributed by atoms with van der Waals surface area (Å²) >= 11 is 0. The van der Waals surface area contributed by atoms with E-state index in [0.717, 1.165) is 24.2 Å². The largest absolute Gasteiger partial charge is 0.392 e. The first-order chi connectivity index (χ1) is 5.25. The highest BCUT2D eigenvalue weighted by molar-refractivity contribution is 5.61. The van der Waals surface area contributed by atoms with Gasteiger partial charge in [-0.15, -0.1) is 0 Å². The summed E-state index contributed by atoms with van der Waals surface area (Å²) in [7, 11) is 3.88. The Balaban J connectivity index is 2.83. The summed E-state index contributed by atoms with van der Waals surface area (Å²) in [6, 6.07) is 0. The summed E-state index contributed by atoms with van der Waals surface area (Å²) in [5.41, 5.74) is 1.04. The standard InChI is InChI=1S/C8H14N2O/c1-10(2)8-7(6-11)4-3-5-9-8/h5,11H,3-4,6H2,1-2H3. The molecule has 0 aromatic heterocycles. The van der Waals surface area contributed by atoms with Crippen LogP contribution in [-0.2, 0) is 0 Å². The molecule has 0 amide bonds. The highest BCUT2D eigenvalue weighted by Crippen LogP contribution is 2.17. The van der Waals surface area contributed by atoms with Gasteiger partial charge in [0.2, 0.25) is 0 Å². The van der Waals surface area contributed by atoms with Crippen molar-refractivity contribution in [3.8, 4) is 0 Å². The minimum atomic E-state index is 0.130. The van der Waals surface area contributed by atoms with E-state index in [1.165, 1.54) is 0 Å². The number of aliphatic imine (C=N–C) groups is 1. The molecule has 0 spiro atoms. The first-order valence-corrected chi connectivity index (χ1v) is 3.78. The Hall–Kier alpha value is -0.830. The Bertz CT molecular complexity index is 194. The molecule has 0 aromatic carbocycles. The molecule has 0 saturated carbocycles. The summed E-state index contributed by atoms with van der Waals surface area (Å²) < 4.78 is 0. The second-order valence-corrected chi connectivity index (χ2v) is 2.83. The van der Waals surface area contributed by atoms with Crippen LogP contribution in [0.15, 0.2) is 16.4 Å². The summed E-state index contributed by atoms with van der Waals surface area (Å²) in [5.74, 6) is 0.916. The van der Waals surface area contributed by atoms with E-state index in [0.29, 0.717) is 0 Å². The Morgan fingerprint density at radius 1 is 1.64 bits per heavy atom. The lowest BCUT2D eigenvalue weighted by Gasteiger charge is -2.19. The molecule has 62 valence electrons. The Labute approximate surface area is 67.0 Å². The first-order valence-electron chi connectivity index (χ1n) is 3.78. The van der Waals surface area contributed by atoms with Crippen LogP contribution >= 0.6 is 0 Å². The van der Waals surface area contributed by atoms with Crippen molar-refractivity contribution in [1.29, 1.82) is 0 Å². The lowest BCUT2D eigenvalue weighted by atomic mass is 10.1. The van der Waals surface area contributed by atoms with E-state index in [9.17, 15) is 0 Å². The monoisotopic (exact) mass is 154 g/mol. The average Bonchev–Trinajstić information content (AvgIpc) is 2.04. The second kappa shape index (κ2) is 3.53. The number of hydrogen-bond acceptors (Lipinski definition) is 3. The van der Waals surface area contributed by atoms with Crippen molar-refractivity contribution in [3.05, 3.63) is 11.4 Å². The van der Waals surface area contributed by atoms with Gasteiger partial charge in [0.25, 0.3) is 0 Å². The Kier molecular flexibility index (Phi) is 2.65. The molecule has 1 rings (SSSR count). The molecule has 1 aliphatic heterocycles. The molecule has 0 unspecified atom stereocenters. The third-order valence-corrected chi connectivity index (χ3v) is 1.72. The van der Waals surface area contributed by atoms with E-state index in [1.807, 2.05) is 25.2 Å². The molecule has 0 saturated heterocycles. The maximum absolute atomic E-state index is 8.95. The van der Waals surface area contributed by atoms with Crippen LogP contribution < -0.4 is 0 Å². The van der Waals surface area contributed by atoms with Crippen LogP contribution in [0.1, 0.15) is 12.8 Å². The van der Waals surface area contributed by atoms with Crippen LogP contribution in [0.5, 0.6) is 0 Å². The highest BCUT2D eigenvalue weighted by atomic mass is 16.3. The molecular formula is C8H14N2O. The number of hydrogen-bond donors (Lipinski definition) is 1. The SMILES string of the molecule is CN(C)C1=C(CO)CCC=N1. The van der Waals surface area contributed by atoms with Crippen LogP contribution in [0.2, 0.25) is 0 Å². The molecule has 3 heteroatoms. The molecule has 1 heterocycles. The minimum absolute atomic E-state index is 0.130. The normalized spacial score (nSPS) is 17.4. The third kappa shape index (κ3) is 1.80. The van der Waals surface area contributed by atoms with Crippen molar-refractivity contribution in [2.24, 2.45) is 4.99 Å². The summed E-state index contributed by atoms with van der Waals surface area (Å²) in [4.78, 5) is 6.13. The van der Waals surface area contributed by atoms with Crippen molar-refractivity contribution in [2.75, 3.05) is 20.7 Å². The number of nitrogens with zero attached hydrogens (tertiary/aromatic N) is 2. The van der Waals surface area contributed by atoms with Crippen molar-refractivity contribution >= 4 is 6.21 Å². The topological polar surface area (TPSA) is 35.8 Å². The number of aliphatic hydroxyl groups excluding tert-OH is 1. The van der Waals surface area contributed by atoms with Gasteiger partial charge in [-0.05, 0) is 18.4 Å². The molecule has 1 N–H and O–H groups in total. The van der Waals surface area contributed by atoms with Gasteiger partial charge >= 0.3 is 0 Å². The van der Waals surface area contributed by atoms with Gasteiger partial charge in [0, 0.05) is 20.3 Å². The second-order valence-electron chi connectivity index (χ2n) is 2.83. The average molecular weight is 154 g/mol. The van der Waals surface area contributed by atoms with Gasteiger partial charge in [0.05, 0.1) is 6.61 Å². The first kappa shape index (κ1) is 8.27. The molecule has 0 fully saturated rings. The van der Waals surface area contributed by atoms with E-state index >= 15 is 0 Å². The van der Waals surface area contributed by atoms with Crippen molar-refractivity contribution in [2.45, 2.75) is 12.8 Å². The van der Waals surface area contributed by atoms with Crippen LogP contribution in [-0.4, -0.2) is 36.9 Å². The predicted octanol–water partition coefficient (Wildman–Crippen LogP) is 0.617. The molecule has 0 radical (unpaired) electrons. The molecule has 0 atom stereocenters. The minimum Gasteiger partial charge on any atom is -0.392 e. The lowest BCUT2D eigenvalue weighted by Crippen LogP contribution is -2.16. The molecule has 3 nitrogen and oxygen atoms in total. The molecule has 0 bridgehead atoms. The van der Waals surface area contributed by atoms with E-state index in [2.05, 4.69) is 4.99 Å². The predicted molar refractivity (Wildman–Crippen MR) is 45.5 cm³/mol. The fourth-order valence-electron chi connectivity index (χ4n) is 1.17. The zero-order valence-corrected chi connectivity index (χ0v) is 7.04. The van der Waals surface area contributed by atoms with Gasteiger partial charge < -0.3 is 10.0 Å². The Morgan fingerprint density at radius 3 is 2.82 bits per heavy atom. The van der Waals surface area contributed by atoms with E-state index in [4.69, 9.17) is 5.11 Å². The van der Waals surface area contributed by atoms with Gasteiger partial charge in [0.15, 0.2) is 0 Å². The van der Waals surface area contributed by atoms with Crippen molar-refractivity contribution in [1.82, 2.24) is 4.90 Å². The van der Waals surface area contributed by atoms with E-state index < -0.39 is 0 Å². The van der Waals surface area contributed by atoms with Crippen molar-refractivity contribution in [3.63, 3.8) is 0 Å². The maximum atomic E-state index is 8.95. The van der Waals surface area contributed by atoms with Gasteiger partial charge in [-0.25, -0.2) is 4.99 Å². The molecular weight excluding hydrogens is 140 g/mol. The van der Waals surface area contributed by atoms with Gasteiger partial charge in [-0.1, -0.05) is 0 Å². The number of aliphatic hydroxyl groups is 1. The van der Waals surface area contributed by atoms with Gasteiger partial charge in [-0.3, -0.25) is 0 Å². The summed E-state index contributed by atoms with van der Waals surface area (Å²) in [5, 5.41) is 8.95. The third-order valence-electron chi connectivity index (χ3n) is 1.72. The van der Waals surface area contributed by atoms with Crippen LogP contribution in [0.25, 0.3) is 0 Å². The molecule has 11 heavy (non-hydrogen) atoms. The van der Waals surface area contributed by atoms with Crippen LogP contribution in [0, 0.1) is 0 Å². The fraction of sp³-hybridized carbons (Fsp3) is 0.625. The lowest BCUT2D eigenvalue weighted by molar-refractivity contribution is 0.318. The molecule has 1 aliphatic rings. The summed E-state index contributed by atoms with van der Waals surface area (Å²) in [6.07, 6.45) is 3.79. The zero-order valence-electron chi connectivity index (χ0n) is 7.04. The van der Waals surface area contributed by atoms with E-state index in [-0.39, 0.29) is 6.61 Å². The highest BCUT2D eigenvalue weighted by Gasteiger charge is 2.09. The maximum Gasteiger partial charge on any atom is 0.129 e. The Morgan fingerprint density at radius 2 is 2.36 bits per heavy atom. The quantitative estimate of drug-likeness (QED) is 0.632. The van der Waals surface area contributed by atoms with Crippen LogP contribution in [0.4, 0.5) is 0 Å². The van der Waals surface area contributed by atoms with E-state index in [1.54, 1.807) is 0 Å². The number of rotatable bonds is 2. The fourth-order valence-corrected chi connectivity index (χ4v) is 1.17.